The summed E-state index contributed by atoms with van der Waals surface area (Å²) in [7, 11) is 0. The summed E-state index contributed by atoms with van der Waals surface area (Å²) in [5.74, 6) is -3.24. The summed E-state index contributed by atoms with van der Waals surface area (Å²) in [5, 5.41) is 88.4. The maximum Gasteiger partial charge on any atom is 0.338 e. The first-order valence-electron chi connectivity index (χ1n) is 10.2. The standard InChI is InChI=1S/C19H27NO14/c21-5-10-13(24)16(27)19(7-22,33-10)34-18-15(26)14(25)12(23)11(32-18)6-31-17(28)8-1-3-9(4-2-8)20(29)30/h1-4,10-16,18,20-27,29H,5-7H2/t10-,11-,12+,13+,14-,15-,16+,18-,19+/m0/s1. The average Bonchev–Trinajstić information content (AvgIpc) is 3.08. The number of carbonyl (C=O) groups is 1. The molecule has 2 fully saturated rings. The second kappa shape index (κ2) is 10.8. The highest BCUT2D eigenvalue weighted by Gasteiger charge is 2.58. The molecule has 3 rings (SSSR count). The van der Waals surface area contributed by atoms with E-state index >= 15 is 0 Å². The Labute approximate surface area is 192 Å². The van der Waals surface area contributed by atoms with Gasteiger partial charge in [-0.05, 0) is 12.1 Å². The molecule has 0 aromatic heterocycles. The second-order valence-corrected chi connectivity index (χ2v) is 7.86. The molecule has 192 valence electrons. The predicted octanol–water partition coefficient (Wildman–Crippen LogP) is -5.13. The Kier molecular flexibility index (Phi) is 8.53. The second-order valence-electron chi connectivity index (χ2n) is 7.86. The third-order valence-corrected chi connectivity index (χ3v) is 5.64. The van der Waals surface area contributed by atoms with E-state index in [4.69, 9.17) is 24.2 Å². The van der Waals surface area contributed by atoms with Gasteiger partial charge in [-0.1, -0.05) is 0 Å². The number of ether oxygens (including phenoxy) is 4. The molecule has 10 atom stereocenters. The van der Waals surface area contributed by atoms with E-state index in [1.54, 1.807) is 0 Å². The fraction of sp³-hybridized carbons (Fsp3) is 0.632. The van der Waals surface area contributed by atoms with Crippen LogP contribution in [0.1, 0.15) is 10.4 Å². The minimum atomic E-state index is -2.34. The van der Waals surface area contributed by atoms with Gasteiger partial charge in [0.05, 0.1) is 12.2 Å². The Morgan fingerprint density at radius 1 is 1.00 bits per heavy atom. The van der Waals surface area contributed by atoms with E-state index in [9.17, 15) is 45.7 Å². The van der Waals surface area contributed by atoms with E-state index in [1.165, 1.54) is 24.3 Å². The smallest absolute Gasteiger partial charge is 0.338 e. The van der Waals surface area contributed by atoms with Crippen LogP contribution in [0.25, 0.3) is 0 Å². The Balaban J connectivity index is 1.68. The van der Waals surface area contributed by atoms with E-state index in [0.29, 0.717) is 0 Å². The molecule has 0 aliphatic carbocycles. The van der Waals surface area contributed by atoms with Crippen LogP contribution in [0.5, 0.6) is 0 Å². The molecule has 0 spiro atoms. The molecule has 34 heavy (non-hydrogen) atoms. The summed E-state index contributed by atoms with van der Waals surface area (Å²) < 4.78 is 21.0. The maximum atomic E-state index is 12.2. The topological polar surface area (TPSA) is 243 Å². The highest BCUT2D eigenvalue weighted by atomic mass is 16.8. The lowest BCUT2D eigenvalue weighted by Crippen LogP contribution is -2.99. The lowest BCUT2D eigenvalue weighted by molar-refractivity contribution is -0.991. The first-order chi connectivity index (χ1) is 16.0. The molecule has 1 unspecified atom stereocenters. The van der Waals surface area contributed by atoms with Crippen LogP contribution >= 0.6 is 0 Å². The summed E-state index contributed by atoms with van der Waals surface area (Å²) in [5.41, 5.74) is -0.0585. The molecule has 15 nitrogen and oxygen atoms in total. The number of benzene rings is 1. The number of rotatable bonds is 8. The number of aliphatic hydroxyl groups excluding tert-OH is 7. The van der Waals surface area contributed by atoms with Crippen molar-refractivity contribution in [1.29, 1.82) is 0 Å². The average molecular weight is 493 g/mol. The monoisotopic (exact) mass is 493 g/mol. The molecule has 0 bridgehead atoms. The molecule has 1 aromatic rings. The lowest BCUT2D eigenvalue weighted by Gasteiger charge is -2.43. The van der Waals surface area contributed by atoms with Gasteiger partial charge in [0, 0.05) is 12.1 Å². The Bertz CT molecular complexity index is 824. The SMILES string of the molecule is O=C(OC[C@@H]1O[C@@H](O[C@@]2(CO)O[C@@H](CO)[C@@H](O)[C@H]2O)[C@@H](O)[C@@H](O)[C@@H]1O)c1ccc([NH+]([O-])O)cc1. The van der Waals surface area contributed by atoms with Crippen LogP contribution in [0.2, 0.25) is 0 Å². The van der Waals surface area contributed by atoms with Gasteiger partial charge in [0.15, 0.2) is 12.0 Å². The molecule has 0 radical (unpaired) electrons. The molecule has 1 aromatic carbocycles. The highest BCUT2D eigenvalue weighted by Crippen LogP contribution is 2.36. The molecule has 0 saturated carbocycles. The van der Waals surface area contributed by atoms with Gasteiger partial charge in [-0.15, -0.1) is 0 Å². The van der Waals surface area contributed by atoms with Crippen LogP contribution in [0.3, 0.4) is 0 Å². The van der Waals surface area contributed by atoms with E-state index in [0.717, 1.165) is 0 Å². The molecule has 2 aliphatic heterocycles. The van der Waals surface area contributed by atoms with Gasteiger partial charge in [-0.2, -0.15) is 5.23 Å². The molecule has 2 heterocycles. The number of esters is 1. The van der Waals surface area contributed by atoms with Gasteiger partial charge >= 0.3 is 5.97 Å². The van der Waals surface area contributed by atoms with Crippen molar-refractivity contribution in [3.63, 3.8) is 0 Å². The third-order valence-electron chi connectivity index (χ3n) is 5.64. The number of hydrogen-bond donors (Lipinski definition) is 9. The van der Waals surface area contributed by atoms with Gasteiger partial charge < -0.3 is 59.9 Å². The number of nitrogens with one attached hydrogen (secondary N) is 1. The molecule has 2 saturated heterocycles. The first kappa shape index (κ1) is 26.8. The van der Waals surface area contributed by atoms with E-state index in [2.05, 4.69) is 0 Å². The van der Waals surface area contributed by atoms with Crippen LogP contribution in [0.4, 0.5) is 5.69 Å². The fourth-order valence-corrected chi connectivity index (χ4v) is 3.61. The largest absolute Gasteiger partial charge is 0.595 e. The quantitative estimate of drug-likeness (QED) is 0.121. The Morgan fingerprint density at radius 2 is 1.65 bits per heavy atom. The van der Waals surface area contributed by atoms with Crippen molar-refractivity contribution < 1.29 is 69.9 Å². The molecular formula is C19H27NO14. The van der Waals surface area contributed by atoms with Crippen LogP contribution in [-0.4, -0.2) is 122 Å². The van der Waals surface area contributed by atoms with Crippen molar-refractivity contribution in [2.75, 3.05) is 19.8 Å². The van der Waals surface area contributed by atoms with E-state index < -0.39 is 85.8 Å². The zero-order valence-electron chi connectivity index (χ0n) is 17.6. The summed E-state index contributed by atoms with van der Waals surface area (Å²) in [4.78, 5) is 12.2. The molecule has 0 amide bonds. The number of quaternary nitrogens is 1. The Morgan fingerprint density at radius 3 is 2.18 bits per heavy atom. The van der Waals surface area contributed by atoms with Crippen molar-refractivity contribution in [2.45, 2.75) is 54.8 Å². The van der Waals surface area contributed by atoms with Crippen molar-refractivity contribution in [3.05, 3.63) is 35.0 Å². The maximum absolute atomic E-state index is 12.2. The summed E-state index contributed by atoms with van der Waals surface area (Å²) in [6.45, 7) is -2.41. The van der Waals surface area contributed by atoms with Gasteiger partial charge in [0.2, 0.25) is 5.79 Å². The number of aliphatic hydroxyl groups is 7. The Hall–Kier alpha value is -1.83. The molecular weight excluding hydrogens is 466 g/mol. The van der Waals surface area contributed by atoms with Gasteiger partial charge in [-0.3, -0.25) is 0 Å². The van der Waals surface area contributed by atoms with Crippen molar-refractivity contribution in [3.8, 4) is 0 Å². The normalized spacial score (nSPS) is 39.1. The summed E-state index contributed by atoms with van der Waals surface area (Å²) >= 11 is 0. The minimum absolute atomic E-state index is 0.00516. The predicted molar refractivity (Wildman–Crippen MR) is 104 cm³/mol. The van der Waals surface area contributed by atoms with Crippen molar-refractivity contribution in [1.82, 2.24) is 0 Å². The molecule has 2 aliphatic rings. The van der Waals surface area contributed by atoms with E-state index in [-0.39, 0.29) is 11.3 Å². The van der Waals surface area contributed by atoms with Gasteiger partial charge in [0.25, 0.3) is 0 Å². The lowest BCUT2D eigenvalue weighted by atomic mass is 9.99. The minimum Gasteiger partial charge on any atom is -0.595 e. The van der Waals surface area contributed by atoms with Crippen LogP contribution in [0.15, 0.2) is 24.3 Å². The van der Waals surface area contributed by atoms with Crippen LogP contribution in [0, 0.1) is 5.21 Å². The van der Waals surface area contributed by atoms with Gasteiger partial charge in [0.1, 0.15) is 55.9 Å². The zero-order valence-corrected chi connectivity index (χ0v) is 17.6. The van der Waals surface area contributed by atoms with Crippen LogP contribution in [-0.2, 0) is 18.9 Å². The molecule has 15 heteroatoms. The van der Waals surface area contributed by atoms with Crippen LogP contribution < -0.4 is 5.23 Å². The fourth-order valence-electron chi connectivity index (χ4n) is 3.61. The van der Waals surface area contributed by atoms with Gasteiger partial charge in [-0.25, -0.2) is 10.0 Å². The van der Waals surface area contributed by atoms with Crippen molar-refractivity contribution >= 4 is 11.7 Å². The summed E-state index contributed by atoms with van der Waals surface area (Å²) in [6.07, 6.45) is -13.7. The first-order valence-corrected chi connectivity index (χ1v) is 10.2. The number of carbonyl (C=O) groups excluding carboxylic acids is 1. The van der Waals surface area contributed by atoms with E-state index in [1.807, 2.05) is 0 Å². The summed E-state index contributed by atoms with van der Waals surface area (Å²) in [6, 6.07) is 4.79. The highest BCUT2D eigenvalue weighted by molar-refractivity contribution is 5.89. The van der Waals surface area contributed by atoms with Crippen molar-refractivity contribution in [2.24, 2.45) is 0 Å². The third kappa shape index (κ3) is 5.21. The molecule has 9 N–H and O–H groups in total. The zero-order chi connectivity index (χ0) is 25.2. The number of hydrogen-bond acceptors (Lipinski definition) is 14.